The Morgan fingerprint density at radius 2 is 1.71 bits per heavy atom. The van der Waals surface area contributed by atoms with E-state index in [1.165, 1.54) is 18.2 Å². The number of amides is 2. The van der Waals surface area contributed by atoms with E-state index in [1.807, 2.05) is 0 Å². The lowest BCUT2D eigenvalue weighted by Gasteiger charge is -2.17. The average Bonchev–Trinajstić information content (AvgIpc) is 2.71. The number of hydrogen-bond donors (Lipinski definition) is 1. The highest BCUT2D eigenvalue weighted by Gasteiger charge is 2.31. The van der Waals surface area contributed by atoms with Crippen molar-refractivity contribution in [2.45, 2.75) is 6.92 Å². The molecule has 21 heavy (non-hydrogen) atoms. The number of rotatable bonds is 2. The highest BCUT2D eigenvalue weighted by atomic mass is 16.4. The van der Waals surface area contributed by atoms with Gasteiger partial charge in [-0.05, 0) is 24.4 Å². The largest absolute Gasteiger partial charge is 0.478 e. The van der Waals surface area contributed by atoms with E-state index in [9.17, 15) is 19.5 Å². The number of carboxylic acid groups (broad SMARTS) is 1. The summed E-state index contributed by atoms with van der Waals surface area (Å²) >= 11 is 0. The third-order valence-electron chi connectivity index (χ3n) is 3.47. The molecule has 0 aliphatic carbocycles. The molecule has 5 nitrogen and oxygen atoms in total. The third-order valence-corrected chi connectivity index (χ3v) is 3.47. The van der Waals surface area contributed by atoms with E-state index in [4.69, 9.17) is 0 Å². The van der Waals surface area contributed by atoms with Crippen LogP contribution in [0.2, 0.25) is 0 Å². The lowest BCUT2D eigenvalue weighted by atomic mass is 10.0. The van der Waals surface area contributed by atoms with Gasteiger partial charge >= 0.3 is 5.97 Å². The normalized spacial score (nSPS) is 14.7. The zero-order valence-electron chi connectivity index (χ0n) is 11.2. The molecule has 3 rings (SSSR count). The van der Waals surface area contributed by atoms with E-state index < -0.39 is 11.9 Å². The Balaban J connectivity index is 2.27. The van der Waals surface area contributed by atoms with E-state index in [2.05, 4.69) is 0 Å². The van der Waals surface area contributed by atoms with Crippen LogP contribution in [0.5, 0.6) is 0 Å². The summed E-state index contributed by atoms with van der Waals surface area (Å²) in [5.41, 5.74) is 0.906. The molecular formula is C16H11NO4. The highest BCUT2D eigenvalue weighted by molar-refractivity contribution is 6.32. The van der Waals surface area contributed by atoms with Gasteiger partial charge in [0.05, 0.1) is 11.3 Å². The quantitative estimate of drug-likeness (QED) is 0.857. The minimum Gasteiger partial charge on any atom is -0.478 e. The molecular weight excluding hydrogens is 270 g/mol. The van der Waals surface area contributed by atoms with Gasteiger partial charge in [0.2, 0.25) is 0 Å². The number of nitrogens with zero attached hydrogens (tertiary/aromatic N) is 1. The van der Waals surface area contributed by atoms with Crippen LogP contribution in [-0.2, 0) is 9.59 Å². The molecule has 0 saturated carbocycles. The number of benzene rings is 2. The summed E-state index contributed by atoms with van der Waals surface area (Å²) in [6.07, 6.45) is 1.28. The van der Waals surface area contributed by atoms with Crippen LogP contribution in [-0.4, -0.2) is 22.9 Å². The number of aromatic carboxylic acids is 1. The van der Waals surface area contributed by atoms with Gasteiger partial charge in [-0.3, -0.25) is 9.59 Å². The first-order valence-electron chi connectivity index (χ1n) is 6.32. The second kappa shape index (κ2) is 4.56. The smallest absolute Gasteiger partial charge is 0.336 e. The Kier molecular flexibility index (Phi) is 2.83. The van der Waals surface area contributed by atoms with Gasteiger partial charge in [0.25, 0.3) is 11.8 Å². The van der Waals surface area contributed by atoms with Gasteiger partial charge in [-0.2, -0.15) is 0 Å². The van der Waals surface area contributed by atoms with Crippen molar-refractivity contribution in [3.05, 3.63) is 53.6 Å². The van der Waals surface area contributed by atoms with E-state index in [-0.39, 0.29) is 11.5 Å². The van der Waals surface area contributed by atoms with Crippen LogP contribution < -0.4 is 4.90 Å². The van der Waals surface area contributed by atoms with Crippen molar-refractivity contribution in [1.29, 1.82) is 0 Å². The molecule has 0 saturated heterocycles. The zero-order chi connectivity index (χ0) is 15.1. The Labute approximate surface area is 120 Å². The van der Waals surface area contributed by atoms with Crippen LogP contribution in [0.15, 0.2) is 48.0 Å². The molecule has 0 spiro atoms. The van der Waals surface area contributed by atoms with Gasteiger partial charge in [0, 0.05) is 17.0 Å². The Morgan fingerprint density at radius 1 is 1.05 bits per heavy atom. The maximum absolute atomic E-state index is 12.1. The van der Waals surface area contributed by atoms with Crippen molar-refractivity contribution in [3.8, 4) is 0 Å². The number of imide groups is 1. The van der Waals surface area contributed by atoms with Crippen molar-refractivity contribution in [2.75, 3.05) is 4.90 Å². The van der Waals surface area contributed by atoms with Crippen molar-refractivity contribution in [1.82, 2.24) is 0 Å². The second-order valence-corrected chi connectivity index (χ2v) is 4.79. The molecule has 1 N–H and O–H groups in total. The topological polar surface area (TPSA) is 74.7 Å². The molecule has 2 aromatic carbocycles. The molecule has 1 heterocycles. The van der Waals surface area contributed by atoms with Gasteiger partial charge in [-0.1, -0.05) is 24.3 Å². The summed E-state index contributed by atoms with van der Waals surface area (Å²) in [5.74, 6) is -1.84. The summed E-state index contributed by atoms with van der Waals surface area (Å²) in [6.45, 7) is 1.58. The minimum atomic E-state index is -1.05. The summed E-state index contributed by atoms with van der Waals surface area (Å²) < 4.78 is 0. The number of carbonyl (C=O) groups is 3. The maximum atomic E-state index is 12.1. The maximum Gasteiger partial charge on any atom is 0.336 e. The van der Waals surface area contributed by atoms with Crippen LogP contribution >= 0.6 is 0 Å². The molecule has 0 atom stereocenters. The molecule has 2 amide bonds. The molecule has 5 heteroatoms. The molecule has 2 aromatic rings. The predicted molar refractivity (Wildman–Crippen MR) is 77.2 cm³/mol. The summed E-state index contributed by atoms with van der Waals surface area (Å²) in [6, 6.07) is 9.72. The van der Waals surface area contributed by atoms with Crippen LogP contribution in [0.3, 0.4) is 0 Å². The Hall–Kier alpha value is -2.95. The molecule has 0 aromatic heterocycles. The number of carboxylic acids is 1. The fourth-order valence-corrected chi connectivity index (χ4v) is 2.48. The summed E-state index contributed by atoms with van der Waals surface area (Å²) in [4.78, 5) is 36.4. The fourth-order valence-electron chi connectivity index (χ4n) is 2.48. The lowest BCUT2D eigenvalue weighted by molar-refractivity contribution is -0.120. The number of carbonyl (C=O) groups excluding carboxylic acids is 2. The van der Waals surface area contributed by atoms with E-state index in [0.717, 1.165) is 4.90 Å². The van der Waals surface area contributed by atoms with Gasteiger partial charge in [-0.15, -0.1) is 0 Å². The van der Waals surface area contributed by atoms with Crippen LogP contribution in [0.1, 0.15) is 17.3 Å². The van der Waals surface area contributed by atoms with E-state index >= 15 is 0 Å². The van der Waals surface area contributed by atoms with Crippen molar-refractivity contribution >= 4 is 34.2 Å². The molecule has 1 aliphatic heterocycles. The minimum absolute atomic E-state index is 0.137. The zero-order valence-corrected chi connectivity index (χ0v) is 11.2. The average molecular weight is 281 g/mol. The van der Waals surface area contributed by atoms with Gasteiger partial charge in [0.1, 0.15) is 0 Å². The lowest BCUT2D eigenvalue weighted by Crippen LogP contribution is -2.30. The SMILES string of the molecule is CC1=CC(=O)N(c2ccc(C(=O)O)c3ccccc23)C1=O. The fraction of sp³-hybridized carbons (Fsp3) is 0.0625. The van der Waals surface area contributed by atoms with Crippen molar-refractivity contribution in [3.63, 3.8) is 0 Å². The van der Waals surface area contributed by atoms with E-state index in [1.54, 1.807) is 31.2 Å². The first-order chi connectivity index (χ1) is 10.0. The standard InChI is InChI=1S/C16H11NO4/c1-9-8-14(18)17(15(9)19)13-7-6-12(16(20)21)10-4-2-3-5-11(10)13/h2-8H,1H3,(H,20,21). The molecule has 0 fully saturated rings. The van der Waals surface area contributed by atoms with Gasteiger partial charge in [-0.25, -0.2) is 9.69 Å². The first kappa shape index (κ1) is 13.1. The third kappa shape index (κ3) is 1.90. The monoisotopic (exact) mass is 281 g/mol. The second-order valence-electron chi connectivity index (χ2n) is 4.79. The Morgan fingerprint density at radius 3 is 2.29 bits per heavy atom. The molecule has 0 bridgehead atoms. The number of anilines is 1. The Bertz CT molecular complexity index is 835. The van der Waals surface area contributed by atoms with Crippen molar-refractivity contribution < 1.29 is 19.5 Å². The van der Waals surface area contributed by atoms with Crippen molar-refractivity contribution in [2.24, 2.45) is 0 Å². The van der Waals surface area contributed by atoms with Crippen LogP contribution in [0.25, 0.3) is 10.8 Å². The number of hydrogen-bond acceptors (Lipinski definition) is 3. The summed E-state index contributed by atoms with van der Waals surface area (Å²) in [5, 5.41) is 10.3. The van der Waals surface area contributed by atoms with Gasteiger partial charge < -0.3 is 5.11 Å². The highest BCUT2D eigenvalue weighted by Crippen LogP contribution is 2.32. The summed E-state index contributed by atoms with van der Waals surface area (Å²) in [7, 11) is 0. The molecule has 1 aliphatic rings. The first-order valence-corrected chi connectivity index (χ1v) is 6.32. The van der Waals surface area contributed by atoms with Crippen LogP contribution in [0.4, 0.5) is 5.69 Å². The van der Waals surface area contributed by atoms with E-state index in [0.29, 0.717) is 22.0 Å². The van der Waals surface area contributed by atoms with Gasteiger partial charge in [0.15, 0.2) is 0 Å². The number of fused-ring (bicyclic) bond motifs is 1. The molecule has 104 valence electrons. The van der Waals surface area contributed by atoms with Crippen LogP contribution in [0, 0.1) is 0 Å². The molecule has 0 unspecified atom stereocenters. The predicted octanol–water partition coefficient (Wildman–Crippen LogP) is 2.36. The molecule has 0 radical (unpaired) electrons.